The maximum absolute atomic E-state index is 13.0. The highest BCUT2D eigenvalue weighted by atomic mass is 19.1. The molecular formula is C22H26FN7. The van der Waals surface area contributed by atoms with Gasteiger partial charge in [-0.3, -0.25) is 4.99 Å². The van der Waals surface area contributed by atoms with Crippen LogP contribution in [-0.4, -0.2) is 40.4 Å². The van der Waals surface area contributed by atoms with Crippen molar-refractivity contribution in [3.05, 3.63) is 59.2 Å². The molecular weight excluding hydrogens is 381 g/mol. The van der Waals surface area contributed by atoms with Crippen molar-refractivity contribution in [2.75, 3.05) is 23.8 Å². The van der Waals surface area contributed by atoms with Gasteiger partial charge in [-0.1, -0.05) is 12.1 Å². The van der Waals surface area contributed by atoms with Gasteiger partial charge in [0.25, 0.3) is 0 Å². The second kappa shape index (κ2) is 8.14. The van der Waals surface area contributed by atoms with Crippen LogP contribution < -0.4 is 16.0 Å². The molecule has 7 nitrogen and oxygen atoms in total. The monoisotopic (exact) mass is 407 g/mol. The van der Waals surface area contributed by atoms with Crippen LogP contribution in [0, 0.1) is 12.7 Å². The number of aliphatic imine (C=N–C) groups is 1. The van der Waals surface area contributed by atoms with E-state index in [-0.39, 0.29) is 5.82 Å². The summed E-state index contributed by atoms with van der Waals surface area (Å²) in [6.45, 7) is 6.09. The summed E-state index contributed by atoms with van der Waals surface area (Å²) < 4.78 is 15.2. The first-order valence-corrected chi connectivity index (χ1v) is 9.95. The number of nitrogens with zero attached hydrogens (tertiary/aromatic N) is 5. The van der Waals surface area contributed by atoms with E-state index in [1.807, 2.05) is 0 Å². The lowest BCUT2D eigenvalue weighted by atomic mass is 10.2. The van der Waals surface area contributed by atoms with Gasteiger partial charge in [-0.15, -0.1) is 0 Å². The number of likely N-dealkylation sites (N-methyl/N-ethyl adjacent to an activating group) is 1. The third kappa shape index (κ3) is 3.85. The minimum absolute atomic E-state index is 0.254. The van der Waals surface area contributed by atoms with Gasteiger partial charge in [-0.2, -0.15) is 4.98 Å². The highest BCUT2D eigenvalue weighted by Gasteiger charge is 2.26. The summed E-state index contributed by atoms with van der Waals surface area (Å²) in [6, 6.07) is 6.65. The molecule has 0 amide bonds. The Bertz CT molecular complexity index is 1110. The number of halogens is 1. The standard InChI is InChI=1S/C22H26FN7/c1-14-12-30-13-15(2)29(3)21-20(30)19(14)27-22(28-21)26-11-17(8-24)10-25-9-16-4-6-18(23)7-5-16/h4-8,10,12,15H,9,11,13,24H2,1-3H3,(H,26,27,28). The van der Waals surface area contributed by atoms with Crippen LogP contribution in [0.5, 0.6) is 0 Å². The van der Waals surface area contributed by atoms with Gasteiger partial charge in [0.2, 0.25) is 5.95 Å². The predicted molar refractivity (Wildman–Crippen MR) is 119 cm³/mol. The van der Waals surface area contributed by atoms with Crippen molar-refractivity contribution >= 4 is 29.0 Å². The Morgan fingerprint density at radius 3 is 2.83 bits per heavy atom. The van der Waals surface area contributed by atoms with Gasteiger partial charge >= 0.3 is 0 Å². The van der Waals surface area contributed by atoms with Gasteiger partial charge in [0, 0.05) is 50.4 Å². The summed E-state index contributed by atoms with van der Waals surface area (Å²) in [5.41, 5.74) is 10.7. The number of rotatable bonds is 6. The van der Waals surface area contributed by atoms with Crippen molar-refractivity contribution in [2.24, 2.45) is 10.7 Å². The number of nitrogens with two attached hydrogens (primary N) is 1. The van der Waals surface area contributed by atoms with Crippen molar-refractivity contribution in [1.82, 2.24) is 14.5 Å². The highest BCUT2D eigenvalue weighted by Crippen LogP contribution is 2.33. The summed E-state index contributed by atoms with van der Waals surface area (Å²) in [5, 5.41) is 3.27. The van der Waals surface area contributed by atoms with Gasteiger partial charge in [-0.05, 0) is 37.1 Å². The van der Waals surface area contributed by atoms with Crippen molar-refractivity contribution < 1.29 is 4.39 Å². The number of hydrogen-bond donors (Lipinski definition) is 2. The second-order valence-electron chi connectivity index (χ2n) is 7.68. The van der Waals surface area contributed by atoms with E-state index in [0.717, 1.165) is 40.1 Å². The van der Waals surface area contributed by atoms with E-state index >= 15 is 0 Å². The zero-order chi connectivity index (χ0) is 21.3. The maximum Gasteiger partial charge on any atom is 0.225 e. The fraction of sp³-hybridized carbons (Fsp3) is 0.318. The molecule has 0 bridgehead atoms. The topological polar surface area (TPSA) is 84.4 Å². The third-order valence-electron chi connectivity index (χ3n) is 5.44. The van der Waals surface area contributed by atoms with E-state index in [2.05, 4.69) is 46.9 Å². The van der Waals surface area contributed by atoms with Gasteiger partial charge in [0.15, 0.2) is 5.82 Å². The fourth-order valence-electron chi connectivity index (χ4n) is 3.61. The van der Waals surface area contributed by atoms with Gasteiger partial charge < -0.3 is 20.5 Å². The summed E-state index contributed by atoms with van der Waals surface area (Å²) in [4.78, 5) is 16.1. The molecule has 0 radical (unpaired) electrons. The van der Waals surface area contributed by atoms with E-state index in [0.29, 0.717) is 25.1 Å². The molecule has 1 aliphatic heterocycles. The molecule has 4 rings (SSSR count). The number of anilines is 2. The van der Waals surface area contributed by atoms with Crippen molar-refractivity contribution in [3.8, 4) is 0 Å². The minimum Gasteiger partial charge on any atom is -0.404 e. The quantitative estimate of drug-likeness (QED) is 0.613. The summed E-state index contributed by atoms with van der Waals surface area (Å²) >= 11 is 0. The molecule has 1 unspecified atom stereocenters. The van der Waals surface area contributed by atoms with Crippen LogP contribution in [0.1, 0.15) is 18.1 Å². The Morgan fingerprint density at radius 1 is 1.33 bits per heavy atom. The highest BCUT2D eigenvalue weighted by molar-refractivity contribution is 5.91. The van der Waals surface area contributed by atoms with E-state index in [1.54, 1.807) is 18.3 Å². The molecule has 0 spiro atoms. The van der Waals surface area contributed by atoms with Crippen molar-refractivity contribution in [1.29, 1.82) is 0 Å². The Labute approximate surface area is 175 Å². The maximum atomic E-state index is 13.0. The van der Waals surface area contributed by atoms with Crippen LogP contribution >= 0.6 is 0 Å². The van der Waals surface area contributed by atoms with Crippen LogP contribution in [0.25, 0.3) is 11.0 Å². The Hall–Kier alpha value is -3.42. The molecule has 0 saturated heterocycles. The number of benzene rings is 1. The van der Waals surface area contributed by atoms with Gasteiger partial charge in [0.05, 0.1) is 12.1 Å². The molecule has 1 atom stereocenters. The first-order chi connectivity index (χ1) is 14.5. The Kier molecular flexibility index (Phi) is 5.39. The van der Waals surface area contributed by atoms with Gasteiger partial charge in [-0.25, -0.2) is 9.37 Å². The average Bonchev–Trinajstić information content (AvgIpc) is 3.05. The molecule has 30 heavy (non-hydrogen) atoms. The summed E-state index contributed by atoms with van der Waals surface area (Å²) in [7, 11) is 2.06. The summed E-state index contributed by atoms with van der Waals surface area (Å²) in [5.74, 6) is 1.24. The number of aryl methyl sites for hydroxylation is 1. The van der Waals surface area contributed by atoms with Crippen LogP contribution in [0.15, 0.2) is 47.2 Å². The lowest BCUT2D eigenvalue weighted by Crippen LogP contribution is -2.37. The van der Waals surface area contributed by atoms with Crippen LogP contribution in [0.3, 0.4) is 0 Å². The minimum atomic E-state index is -0.254. The molecule has 2 aromatic heterocycles. The number of hydrogen-bond acceptors (Lipinski definition) is 6. The first-order valence-electron chi connectivity index (χ1n) is 9.95. The number of nitrogens with one attached hydrogen (secondary N) is 1. The normalized spacial score (nSPS) is 16.6. The largest absolute Gasteiger partial charge is 0.404 e. The molecule has 0 aliphatic carbocycles. The Morgan fingerprint density at radius 2 is 2.10 bits per heavy atom. The molecule has 0 fully saturated rings. The van der Waals surface area contributed by atoms with E-state index < -0.39 is 0 Å². The van der Waals surface area contributed by atoms with Crippen molar-refractivity contribution in [2.45, 2.75) is 33.0 Å². The Balaban J connectivity index is 1.48. The SMILES string of the molecule is Cc1cn2c3c(nc(NCC(C=NCc4ccc(F)cc4)=CN)nc13)N(C)C(C)C2. The molecule has 3 aromatic rings. The predicted octanol–water partition coefficient (Wildman–Crippen LogP) is 3.24. The molecule has 1 aromatic carbocycles. The molecule has 1 aliphatic rings. The lowest BCUT2D eigenvalue weighted by molar-refractivity contribution is 0.553. The molecule has 3 N–H and O–H groups in total. The molecule has 156 valence electrons. The van der Waals surface area contributed by atoms with Crippen LogP contribution in [0.4, 0.5) is 16.2 Å². The van der Waals surface area contributed by atoms with Crippen LogP contribution in [-0.2, 0) is 13.1 Å². The first kappa shape index (κ1) is 19.9. The van der Waals surface area contributed by atoms with Crippen molar-refractivity contribution in [3.63, 3.8) is 0 Å². The van der Waals surface area contributed by atoms with Crippen LogP contribution in [0.2, 0.25) is 0 Å². The molecule has 8 heteroatoms. The number of aromatic nitrogens is 3. The molecule has 0 saturated carbocycles. The van der Waals surface area contributed by atoms with E-state index in [9.17, 15) is 4.39 Å². The fourth-order valence-corrected chi connectivity index (χ4v) is 3.61. The zero-order valence-corrected chi connectivity index (χ0v) is 17.4. The zero-order valence-electron chi connectivity index (χ0n) is 17.4. The summed E-state index contributed by atoms with van der Waals surface area (Å²) in [6.07, 6.45) is 5.37. The average molecular weight is 407 g/mol. The van der Waals surface area contributed by atoms with E-state index in [4.69, 9.17) is 15.7 Å². The third-order valence-corrected chi connectivity index (χ3v) is 5.44. The lowest BCUT2D eigenvalue weighted by Gasteiger charge is -2.32. The van der Waals surface area contributed by atoms with E-state index in [1.165, 1.54) is 18.3 Å². The smallest absolute Gasteiger partial charge is 0.225 e. The molecule has 3 heterocycles. The van der Waals surface area contributed by atoms with Gasteiger partial charge in [0.1, 0.15) is 11.3 Å². The second-order valence-corrected chi connectivity index (χ2v) is 7.68.